The van der Waals surface area contributed by atoms with Gasteiger partial charge in [-0.3, -0.25) is 10.00 Å². The zero-order valence-corrected chi connectivity index (χ0v) is 13.9. The molecule has 0 unspecified atom stereocenters. The fourth-order valence-electron chi connectivity index (χ4n) is 2.46. The Kier molecular flexibility index (Phi) is 6.21. The summed E-state index contributed by atoms with van der Waals surface area (Å²) >= 11 is 0. The highest BCUT2D eigenvalue weighted by atomic mass is 16.5. The number of hydrogen-bond donors (Lipinski definition) is 3. The van der Waals surface area contributed by atoms with E-state index in [4.69, 9.17) is 4.74 Å². The third-order valence-corrected chi connectivity index (χ3v) is 3.87. The predicted molar refractivity (Wildman–Crippen MR) is 87.9 cm³/mol. The number of aromatic amines is 1. The summed E-state index contributed by atoms with van der Waals surface area (Å²) in [6, 6.07) is 1.94. The molecule has 0 aliphatic carbocycles. The Hall–Kier alpha value is -1.60. The molecule has 0 amide bonds. The number of nitrogens with one attached hydrogen (secondary N) is 3. The van der Waals surface area contributed by atoms with E-state index in [1.54, 1.807) is 6.20 Å². The lowest BCUT2D eigenvalue weighted by Crippen LogP contribution is -2.56. The lowest BCUT2D eigenvalue weighted by molar-refractivity contribution is -0.00834. The van der Waals surface area contributed by atoms with Crippen molar-refractivity contribution in [2.24, 2.45) is 4.99 Å². The molecular formula is C15H28N6O. The van der Waals surface area contributed by atoms with Crippen molar-refractivity contribution in [2.75, 3.05) is 39.4 Å². The Morgan fingerprint density at radius 3 is 2.82 bits per heavy atom. The first-order chi connectivity index (χ1) is 10.6. The zero-order valence-electron chi connectivity index (χ0n) is 13.9. The number of aliphatic imine (C=N–C) groups is 1. The molecule has 1 aliphatic heterocycles. The SMILES string of the molecule is CCNC(=NCc1ccn[nH]1)NCC(C)(C)N1CCOCC1. The van der Waals surface area contributed by atoms with Crippen molar-refractivity contribution < 1.29 is 4.74 Å². The minimum atomic E-state index is 0.0635. The van der Waals surface area contributed by atoms with E-state index in [0.29, 0.717) is 6.54 Å². The van der Waals surface area contributed by atoms with Crippen LogP contribution in [0.4, 0.5) is 0 Å². The van der Waals surface area contributed by atoms with Crippen LogP contribution in [0.5, 0.6) is 0 Å². The van der Waals surface area contributed by atoms with Crippen LogP contribution in [0.3, 0.4) is 0 Å². The molecule has 124 valence electrons. The molecule has 1 saturated heterocycles. The second kappa shape index (κ2) is 8.14. The van der Waals surface area contributed by atoms with Gasteiger partial charge in [-0.05, 0) is 26.8 Å². The van der Waals surface area contributed by atoms with Gasteiger partial charge in [0.15, 0.2) is 5.96 Å². The number of guanidine groups is 1. The van der Waals surface area contributed by atoms with E-state index in [2.05, 4.69) is 51.5 Å². The molecule has 2 heterocycles. The molecule has 1 aromatic rings. The molecule has 7 heteroatoms. The van der Waals surface area contributed by atoms with E-state index in [1.807, 2.05) is 6.07 Å². The first-order valence-electron chi connectivity index (χ1n) is 7.95. The van der Waals surface area contributed by atoms with Crippen molar-refractivity contribution in [3.63, 3.8) is 0 Å². The van der Waals surface area contributed by atoms with Crippen LogP contribution in [0.1, 0.15) is 26.5 Å². The molecular weight excluding hydrogens is 280 g/mol. The number of rotatable bonds is 6. The van der Waals surface area contributed by atoms with Gasteiger partial charge in [0.2, 0.25) is 0 Å². The van der Waals surface area contributed by atoms with Gasteiger partial charge >= 0.3 is 0 Å². The smallest absolute Gasteiger partial charge is 0.191 e. The van der Waals surface area contributed by atoms with Gasteiger partial charge in [-0.2, -0.15) is 5.10 Å². The van der Waals surface area contributed by atoms with E-state index >= 15 is 0 Å². The average Bonchev–Trinajstić information content (AvgIpc) is 3.04. The highest BCUT2D eigenvalue weighted by molar-refractivity contribution is 5.79. The third kappa shape index (κ3) is 4.99. The Bertz CT molecular complexity index is 451. The molecule has 7 nitrogen and oxygen atoms in total. The Balaban J connectivity index is 1.88. The standard InChI is InChI=1S/C15H28N6O/c1-4-16-14(17-11-13-5-6-19-20-13)18-12-15(2,3)21-7-9-22-10-8-21/h5-6H,4,7-12H2,1-3H3,(H,19,20)(H2,16,17,18). The van der Waals surface area contributed by atoms with Crippen LogP contribution in [0.15, 0.2) is 17.3 Å². The summed E-state index contributed by atoms with van der Waals surface area (Å²) in [5.41, 5.74) is 1.07. The van der Waals surface area contributed by atoms with Gasteiger partial charge in [0.25, 0.3) is 0 Å². The van der Waals surface area contributed by atoms with Crippen LogP contribution in [0.25, 0.3) is 0 Å². The van der Waals surface area contributed by atoms with Gasteiger partial charge in [0, 0.05) is 37.9 Å². The summed E-state index contributed by atoms with van der Waals surface area (Å²) < 4.78 is 5.43. The summed E-state index contributed by atoms with van der Waals surface area (Å²) in [4.78, 5) is 7.04. The molecule has 2 rings (SSSR count). The Morgan fingerprint density at radius 1 is 1.41 bits per heavy atom. The van der Waals surface area contributed by atoms with Crippen LogP contribution in [0.2, 0.25) is 0 Å². The number of H-pyrrole nitrogens is 1. The van der Waals surface area contributed by atoms with Crippen molar-refractivity contribution >= 4 is 5.96 Å². The minimum absolute atomic E-state index is 0.0635. The van der Waals surface area contributed by atoms with Gasteiger partial charge in [0.05, 0.1) is 25.5 Å². The van der Waals surface area contributed by atoms with Gasteiger partial charge < -0.3 is 15.4 Å². The first-order valence-corrected chi connectivity index (χ1v) is 7.95. The maximum absolute atomic E-state index is 5.43. The third-order valence-electron chi connectivity index (χ3n) is 3.87. The van der Waals surface area contributed by atoms with Gasteiger partial charge in [0.1, 0.15) is 0 Å². The molecule has 0 atom stereocenters. The van der Waals surface area contributed by atoms with E-state index in [0.717, 1.165) is 51.0 Å². The molecule has 1 aromatic heterocycles. The van der Waals surface area contributed by atoms with E-state index in [-0.39, 0.29) is 5.54 Å². The number of aromatic nitrogens is 2. The van der Waals surface area contributed by atoms with Crippen LogP contribution in [-0.2, 0) is 11.3 Å². The van der Waals surface area contributed by atoms with E-state index in [9.17, 15) is 0 Å². The fraction of sp³-hybridized carbons (Fsp3) is 0.733. The summed E-state index contributed by atoms with van der Waals surface area (Å²) in [5.74, 6) is 0.832. The van der Waals surface area contributed by atoms with Crippen molar-refractivity contribution in [1.29, 1.82) is 0 Å². The van der Waals surface area contributed by atoms with Crippen LogP contribution >= 0.6 is 0 Å². The quantitative estimate of drug-likeness (QED) is 0.529. The summed E-state index contributed by atoms with van der Waals surface area (Å²) in [7, 11) is 0. The van der Waals surface area contributed by atoms with Crippen molar-refractivity contribution in [2.45, 2.75) is 32.9 Å². The molecule has 1 aliphatic rings. The maximum Gasteiger partial charge on any atom is 0.191 e. The second-order valence-corrected chi connectivity index (χ2v) is 6.04. The topological polar surface area (TPSA) is 77.6 Å². The molecule has 0 spiro atoms. The lowest BCUT2D eigenvalue weighted by Gasteiger charge is -2.41. The fourth-order valence-corrected chi connectivity index (χ4v) is 2.46. The normalized spacial score (nSPS) is 17.5. The molecule has 3 N–H and O–H groups in total. The van der Waals surface area contributed by atoms with Gasteiger partial charge in [-0.25, -0.2) is 4.99 Å². The first kappa shape index (κ1) is 16.8. The van der Waals surface area contributed by atoms with E-state index < -0.39 is 0 Å². The summed E-state index contributed by atoms with van der Waals surface area (Å²) in [5, 5.41) is 13.6. The monoisotopic (exact) mass is 308 g/mol. The molecule has 1 fully saturated rings. The Labute approximate surface area is 132 Å². The second-order valence-electron chi connectivity index (χ2n) is 6.04. The highest BCUT2D eigenvalue weighted by Crippen LogP contribution is 2.14. The van der Waals surface area contributed by atoms with Crippen molar-refractivity contribution in [1.82, 2.24) is 25.7 Å². The largest absolute Gasteiger partial charge is 0.379 e. The predicted octanol–water partition coefficient (Wildman–Crippen LogP) is 0.576. The van der Waals surface area contributed by atoms with Crippen LogP contribution in [0, 0.1) is 0 Å². The van der Waals surface area contributed by atoms with Crippen molar-refractivity contribution in [3.8, 4) is 0 Å². The van der Waals surface area contributed by atoms with Crippen molar-refractivity contribution in [3.05, 3.63) is 18.0 Å². The highest BCUT2D eigenvalue weighted by Gasteiger charge is 2.28. The van der Waals surface area contributed by atoms with Crippen LogP contribution in [-0.4, -0.2) is 66.0 Å². The summed E-state index contributed by atoms with van der Waals surface area (Å²) in [6.45, 7) is 12.4. The number of nitrogens with zero attached hydrogens (tertiary/aromatic N) is 3. The average molecular weight is 308 g/mol. The molecule has 0 aromatic carbocycles. The minimum Gasteiger partial charge on any atom is -0.379 e. The number of morpholine rings is 1. The molecule has 0 radical (unpaired) electrons. The van der Waals surface area contributed by atoms with Gasteiger partial charge in [-0.15, -0.1) is 0 Å². The molecule has 22 heavy (non-hydrogen) atoms. The molecule has 0 saturated carbocycles. The lowest BCUT2D eigenvalue weighted by atomic mass is 10.0. The van der Waals surface area contributed by atoms with Crippen LogP contribution < -0.4 is 10.6 Å². The Morgan fingerprint density at radius 2 is 2.18 bits per heavy atom. The zero-order chi connectivity index (χ0) is 15.8. The summed E-state index contributed by atoms with van der Waals surface area (Å²) in [6.07, 6.45) is 1.74. The van der Waals surface area contributed by atoms with E-state index in [1.165, 1.54) is 0 Å². The van der Waals surface area contributed by atoms with Gasteiger partial charge in [-0.1, -0.05) is 0 Å². The molecule has 0 bridgehead atoms. The maximum atomic E-state index is 5.43. The number of hydrogen-bond acceptors (Lipinski definition) is 4. The number of ether oxygens (including phenoxy) is 1.